The Labute approximate surface area is 164 Å². The van der Waals surface area contributed by atoms with Crippen LogP contribution in [0, 0.1) is 5.92 Å². The van der Waals surface area contributed by atoms with Gasteiger partial charge in [-0.1, -0.05) is 37.6 Å². The van der Waals surface area contributed by atoms with Crippen LogP contribution in [0.25, 0.3) is 0 Å². The molecule has 2 aromatic rings. The van der Waals surface area contributed by atoms with Crippen molar-refractivity contribution in [2.75, 3.05) is 25.0 Å². The summed E-state index contributed by atoms with van der Waals surface area (Å²) < 4.78 is 6.20. The molecule has 6 heteroatoms. The minimum Gasteiger partial charge on any atom is -0.488 e. The fourth-order valence-corrected chi connectivity index (χ4v) is 3.39. The number of amides is 1. The Kier molecular flexibility index (Phi) is 6.11. The highest BCUT2D eigenvalue weighted by Gasteiger charge is 2.36. The molecule has 1 heterocycles. The number of ether oxygens (including phenoxy) is 1. The molecule has 0 spiro atoms. The summed E-state index contributed by atoms with van der Waals surface area (Å²) in [6, 6.07) is 15.5. The summed E-state index contributed by atoms with van der Waals surface area (Å²) in [4.78, 5) is 12.9. The summed E-state index contributed by atoms with van der Waals surface area (Å²) in [7, 11) is 0. The third-order valence-corrected chi connectivity index (χ3v) is 5.13. The van der Waals surface area contributed by atoms with E-state index in [0.29, 0.717) is 30.6 Å². The Morgan fingerprint density at radius 3 is 2.67 bits per heavy atom. The van der Waals surface area contributed by atoms with Crippen molar-refractivity contribution in [3.05, 3.63) is 59.1 Å². The quantitative estimate of drug-likeness (QED) is 0.736. The number of rotatable bonds is 6. The minimum atomic E-state index is -0.909. The largest absolute Gasteiger partial charge is 0.488 e. The molecule has 27 heavy (non-hydrogen) atoms. The molecule has 1 aliphatic rings. The zero-order chi connectivity index (χ0) is 19.4. The van der Waals surface area contributed by atoms with Crippen LogP contribution < -0.4 is 10.1 Å². The second-order valence-electron chi connectivity index (χ2n) is 7.22. The zero-order valence-corrected chi connectivity index (χ0v) is 16.3. The van der Waals surface area contributed by atoms with Crippen LogP contribution >= 0.6 is 11.6 Å². The first-order chi connectivity index (χ1) is 12.9. The fraction of sp³-hybridized carbons (Fsp3) is 0.381. The Bertz CT molecular complexity index is 779. The van der Waals surface area contributed by atoms with Gasteiger partial charge in [0, 0.05) is 29.7 Å². The van der Waals surface area contributed by atoms with Crippen molar-refractivity contribution < 1.29 is 14.6 Å². The number of anilines is 1. The second-order valence-corrected chi connectivity index (χ2v) is 7.66. The number of hydrogen-bond donors (Lipinski definition) is 2. The number of nitrogens with one attached hydrogen (secondary N) is 1. The molecule has 0 radical (unpaired) electrons. The van der Waals surface area contributed by atoms with Gasteiger partial charge in [-0.15, -0.1) is 0 Å². The molecule has 1 fully saturated rings. The van der Waals surface area contributed by atoms with E-state index in [1.54, 1.807) is 0 Å². The van der Waals surface area contributed by atoms with Crippen molar-refractivity contribution in [2.45, 2.75) is 25.9 Å². The van der Waals surface area contributed by atoms with Crippen LogP contribution in [-0.2, 0) is 0 Å². The van der Waals surface area contributed by atoms with Crippen molar-refractivity contribution in [3.8, 4) is 5.75 Å². The van der Waals surface area contributed by atoms with Crippen LogP contribution in [0.1, 0.15) is 25.3 Å². The summed E-state index contributed by atoms with van der Waals surface area (Å²) in [5.74, 6) is 1.25. The molecule has 144 valence electrons. The minimum absolute atomic E-state index is 0.0551. The highest BCUT2D eigenvalue weighted by atomic mass is 35.5. The van der Waals surface area contributed by atoms with Gasteiger partial charge in [0.05, 0.1) is 6.54 Å². The van der Waals surface area contributed by atoms with Gasteiger partial charge >= 0.3 is 6.09 Å². The standard InChI is InChI=1S/C21H25ClN2O3/c1-14(2)15-4-3-5-19(10-15)27-20-13-24(21(25)26)12-16(20)11-23-18-8-6-17(22)7-9-18/h3-10,14,16,20,23H,11-13H2,1-2H3,(H,25,26)/t16-,20+/m1/s1. The molecule has 2 N–H and O–H groups in total. The normalized spacial score (nSPS) is 19.3. The number of likely N-dealkylation sites (tertiary alicyclic amines) is 1. The van der Waals surface area contributed by atoms with Gasteiger partial charge < -0.3 is 20.1 Å². The average Bonchev–Trinajstić information content (AvgIpc) is 3.04. The lowest BCUT2D eigenvalue weighted by atomic mass is 10.0. The zero-order valence-electron chi connectivity index (χ0n) is 15.6. The number of hydrogen-bond acceptors (Lipinski definition) is 3. The molecule has 5 nitrogen and oxygen atoms in total. The summed E-state index contributed by atoms with van der Waals surface area (Å²) in [5, 5.41) is 13.4. The van der Waals surface area contributed by atoms with Gasteiger partial charge in [0.15, 0.2) is 0 Å². The molecule has 2 atom stereocenters. The first-order valence-corrected chi connectivity index (χ1v) is 9.54. The van der Waals surface area contributed by atoms with Gasteiger partial charge in [0.25, 0.3) is 0 Å². The van der Waals surface area contributed by atoms with Crippen LogP contribution in [-0.4, -0.2) is 41.8 Å². The van der Waals surface area contributed by atoms with E-state index in [2.05, 4.69) is 25.2 Å². The third kappa shape index (κ3) is 5.07. The van der Waals surface area contributed by atoms with Crippen molar-refractivity contribution in [1.29, 1.82) is 0 Å². The summed E-state index contributed by atoms with van der Waals surface area (Å²) in [5.41, 5.74) is 2.16. The Morgan fingerprint density at radius 2 is 2.00 bits per heavy atom. The smallest absolute Gasteiger partial charge is 0.407 e. The summed E-state index contributed by atoms with van der Waals surface area (Å²) >= 11 is 5.92. The molecule has 3 rings (SSSR count). The molecule has 0 unspecified atom stereocenters. The van der Waals surface area contributed by atoms with Gasteiger partial charge in [-0.3, -0.25) is 0 Å². The van der Waals surface area contributed by atoms with Gasteiger partial charge in [0.2, 0.25) is 0 Å². The van der Waals surface area contributed by atoms with Crippen molar-refractivity contribution in [2.24, 2.45) is 5.92 Å². The first kappa shape index (κ1) is 19.4. The molecular weight excluding hydrogens is 364 g/mol. The summed E-state index contributed by atoms with van der Waals surface area (Å²) in [6.07, 6.45) is -1.10. The van der Waals surface area contributed by atoms with E-state index < -0.39 is 6.09 Å². The van der Waals surface area contributed by atoms with Gasteiger partial charge in [0.1, 0.15) is 11.9 Å². The van der Waals surface area contributed by atoms with Crippen LogP contribution in [0.2, 0.25) is 5.02 Å². The van der Waals surface area contributed by atoms with E-state index in [1.807, 2.05) is 42.5 Å². The molecule has 1 aliphatic heterocycles. The van der Waals surface area contributed by atoms with Gasteiger partial charge in [-0.2, -0.15) is 0 Å². The van der Waals surface area contributed by atoms with E-state index >= 15 is 0 Å². The maximum atomic E-state index is 11.4. The number of carbonyl (C=O) groups is 1. The van der Waals surface area contributed by atoms with E-state index in [4.69, 9.17) is 16.3 Å². The number of carboxylic acid groups (broad SMARTS) is 1. The molecule has 1 saturated heterocycles. The van der Waals surface area contributed by atoms with Crippen molar-refractivity contribution in [3.63, 3.8) is 0 Å². The molecule has 0 aromatic heterocycles. The number of benzene rings is 2. The maximum absolute atomic E-state index is 11.4. The predicted octanol–water partition coefficient (Wildman–Crippen LogP) is 4.93. The van der Waals surface area contributed by atoms with Crippen LogP contribution in [0.15, 0.2) is 48.5 Å². The fourth-order valence-electron chi connectivity index (χ4n) is 3.27. The van der Waals surface area contributed by atoms with Crippen molar-refractivity contribution in [1.82, 2.24) is 4.90 Å². The molecule has 0 bridgehead atoms. The molecule has 2 aromatic carbocycles. The average molecular weight is 389 g/mol. The SMILES string of the molecule is CC(C)c1cccc(O[C@H]2CN(C(=O)O)C[C@H]2CNc2ccc(Cl)cc2)c1. The van der Waals surface area contributed by atoms with Gasteiger partial charge in [-0.25, -0.2) is 4.79 Å². The van der Waals surface area contributed by atoms with Gasteiger partial charge in [-0.05, 0) is 47.9 Å². The maximum Gasteiger partial charge on any atom is 0.407 e. The van der Waals surface area contributed by atoms with E-state index in [-0.39, 0.29) is 12.0 Å². The molecule has 0 aliphatic carbocycles. The topological polar surface area (TPSA) is 61.8 Å². The lowest BCUT2D eigenvalue weighted by Crippen LogP contribution is -2.31. The van der Waals surface area contributed by atoms with Crippen LogP contribution in [0.3, 0.4) is 0 Å². The molecular formula is C21H25ClN2O3. The Morgan fingerprint density at radius 1 is 1.26 bits per heavy atom. The Hall–Kier alpha value is -2.40. The monoisotopic (exact) mass is 388 g/mol. The molecule has 0 saturated carbocycles. The van der Waals surface area contributed by atoms with E-state index in [0.717, 1.165) is 11.4 Å². The van der Waals surface area contributed by atoms with Crippen molar-refractivity contribution >= 4 is 23.4 Å². The highest BCUT2D eigenvalue weighted by molar-refractivity contribution is 6.30. The number of nitrogens with zero attached hydrogens (tertiary/aromatic N) is 1. The Balaban J connectivity index is 1.69. The lowest BCUT2D eigenvalue weighted by molar-refractivity contribution is 0.144. The van der Waals surface area contributed by atoms with E-state index in [9.17, 15) is 9.90 Å². The van der Waals surface area contributed by atoms with E-state index in [1.165, 1.54) is 10.5 Å². The van der Waals surface area contributed by atoms with Crippen LogP contribution in [0.4, 0.5) is 10.5 Å². The second kappa shape index (κ2) is 8.53. The number of halogens is 1. The lowest BCUT2D eigenvalue weighted by Gasteiger charge is -2.21. The molecule has 1 amide bonds. The van der Waals surface area contributed by atoms with Crippen LogP contribution in [0.5, 0.6) is 5.75 Å². The predicted molar refractivity (Wildman–Crippen MR) is 108 cm³/mol. The summed E-state index contributed by atoms with van der Waals surface area (Å²) in [6.45, 7) is 5.72. The highest BCUT2D eigenvalue weighted by Crippen LogP contribution is 2.26. The first-order valence-electron chi connectivity index (χ1n) is 9.16. The third-order valence-electron chi connectivity index (χ3n) is 4.88.